The Balaban J connectivity index is 1.98. The molecule has 3 nitrogen and oxygen atoms in total. The first-order valence-electron chi connectivity index (χ1n) is 7.42. The molecule has 1 aromatic carbocycles. The van der Waals surface area contributed by atoms with E-state index in [1.54, 1.807) is 0 Å². The Labute approximate surface area is 131 Å². The van der Waals surface area contributed by atoms with Gasteiger partial charge in [0.15, 0.2) is 0 Å². The molecule has 1 aromatic heterocycles. The van der Waals surface area contributed by atoms with E-state index in [1.165, 1.54) is 11.1 Å². The van der Waals surface area contributed by atoms with E-state index >= 15 is 0 Å². The molecule has 110 valence electrons. The van der Waals surface area contributed by atoms with Gasteiger partial charge in [-0.3, -0.25) is 0 Å². The normalized spacial score (nSPS) is 14.4. The molecule has 2 heterocycles. The van der Waals surface area contributed by atoms with Gasteiger partial charge in [-0.05, 0) is 24.5 Å². The third kappa shape index (κ3) is 2.75. The summed E-state index contributed by atoms with van der Waals surface area (Å²) in [5.74, 6) is 2.08. The highest BCUT2D eigenvalue weighted by Crippen LogP contribution is 2.29. The van der Waals surface area contributed by atoms with Crippen molar-refractivity contribution in [3.05, 3.63) is 51.9 Å². The Morgan fingerprint density at radius 3 is 2.57 bits per heavy atom. The van der Waals surface area contributed by atoms with Gasteiger partial charge >= 0.3 is 0 Å². The van der Waals surface area contributed by atoms with Crippen LogP contribution in [0.25, 0.3) is 0 Å². The maximum absolute atomic E-state index is 6.30. The smallest absolute Gasteiger partial charge is 0.137 e. The van der Waals surface area contributed by atoms with Crippen LogP contribution in [-0.4, -0.2) is 16.5 Å². The monoisotopic (exact) mass is 301 g/mol. The molecule has 0 spiro atoms. The molecule has 0 amide bonds. The van der Waals surface area contributed by atoms with Crippen LogP contribution >= 0.6 is 11.6 Å². The number of nitrogens with zero attached hydrogens (tertiary/aromatic N) is 3. The molecule has 1 aliphatic rings. The van der Waals surface area contributed by atoms with Gasteiger partial charge in [0.2, 0.25) is 0 Å². The van der Waals surface area contributed by atoms with Gasteiger partial charge in [0.1, 0.15) is 16.8 Å². The van der Waals surface area contributed by atoms with Crippen molar-refractivity contribution >= 4 is 17.4 Å². The summed E-state index contributed by atoms with van der Waals surface area (Å²) in [5, 5.41) is 0.572. The van der Waals surface area contributed by atoms with Gasteiger partial charge in [-0.15, -0.1) is 0 Å². The predicted molar refractivity (Wildman–Crippen MR) is 87.1 cm³/mol. The molecule has 0 fully saturated rings. The number of benzene rings is 1. The lowest BCUT2D eigenvalue weighted by Gasteiger charge is -2.31. The average Bonchev–Trinajstić information content (AvgIpc) is 2.49. The van der Waals surface area contributed by atoms with E-state index in [4.69, 9.17) is 16.6 Å². The van der Waals surface area contributed by atoms with Gasteiger partial charge in [-0.25, -0.2) is 9.97 Å². The van der Waals surface area contributed by atoms with Crippen LogP contribution in [0.2, 0.25) is 5.15 Å². The molecule has 2 aromatic rings. The number of anilines is 1. The minimum atomic E-state index is 0.277. The molecule has 0 radical (unpaired) electrons. The van der Waals surface area contributed by atoms with Crippen LogP contribution in [-0.2, 0) is 13.0 Å². The topological polar surface area (TPSA) is 29.0 Å². The SMILES string of the molecule is Cc1c(Cl)nc(C(C)C)nc1N1CCc2ccccc2C1. The molecule has 3 rings (SSSR count). The molecule has 0 bridgehead atoms. The van der Waals surface area contributed by atoms with E-state index < -0.39 is 0 Å². The van der Waals surface area contributed by atoms with Crippen LogP contribution in [0, 0.1) is 6.92 Å². The van der Waals surface area contributed by atoms with Gasteiger partial charge in [0.05, 0.1) is 0 Å². The highest BCUT2D eigenvalue weighted by molar-refractivity contribution is 6.30. The summed E-state index contributed by atoms with van der Waals surface area (Å²) in [6, 6.07) is 8.62. The third-order valence-corrected chi connectivity index (χ3v) is 4.39. The molecule has 0 saturated carbocycles. The molecule has 0 aliphatic carbocycles. The molecule has 0 unspecified atom stereocenters. The summed E-state index contributed by atoms with van der Waals surface area (Å²) < 4.78 is 0. The lowest BCUT2D eigenvalue weighted by molar-refractivity contribution is 0.699. The first-order chi connectivity index (χ1) is 10.1. The van der Waals surface area contributed by atoms with Crippen molar-refractivity contribution in [2.75, 3.05) is 11.4 Å². The number of aromatic nitrogens is 2. The van der Waals surface area contributed by atoms with Gasteiger partial charge in [0.25, 0.3) is 0 Å². The van der Waals surface area contributed by atoms with Crippen molar-refractivity contribution in [1.82, 2.24) is 9.97 Å². The molecular weight excluding hydrogens is 282 g/mol. The van der Waals surface area contributed by atoms with Crippen molar-refractivity contribution in [3.63, 3.8) is 0 Å². The maximum Gasteiger partial charge on any atom is 0.137 e. The highest BCUT2D eigenvalue weighted by atomic mass is 35.5. The van der Waals surface area contributed by atoms with E-state index in [-0.39, 0.29) is 5.92 Å². The summed E-state index contributed by atoms with van der Waals surface area (Å²) in [6.45, 7) is 8.06. The fourth-order valence-corrected chi connectivity index (χ4v) is 2.91. The van der Waals surface area contributed by atoms with Crippen molar-refractivity contribution < 1.29 is 0 Å². The van der Waals surface area contributed by atoms with Crippen molar-refractivity contribution in [2.24, 2.45) is 0 Å². The fourth-order valence-electron chi connectivity index (χ4n) is 2.74. The quantitative estimate of drug-likeness (QED) is 0.781. The lowest BCUT2D eigenvalue weighted by Crippen LogP contribution is -2.32. The molecule has 0 atom stereocenters. The second-order valence-electron chi connectivity index (χ2n) is 5.92. The van der Waals surface area contributed by atoms with E-state index in [0.29, 0.717) is 5.15 Å². The number of hydrogen-bond donors (Lipinski definition) is 0. The zero-order valence-electron chi connectivity index (χ0n) is 12.7. The Morgan fingerprint density at radius 2 is 1.86 bits per heavy atom. The summed E-state index contributed by atoms with van der Waals surface area (Å²) in [7, 11) is 0. The molecular formula is C17H20ClN3. The number of halogens is 1. The Hall–Kier alpha value is -1.61. The minimum absolute atomic E-state index is 0.277. The number of rotatable bonds is 2. The van der Waals surface area contributed by atoms with E-state index in [2.05, 4.69) is 48.0 Å². The van der Waals surface area contributed by atoms with Gasteiger partial charge in [0, 0.05) is 24.6 Å². The number of hydrogen-bond acceptors (Lipinski definition) is 3. The van der Waals surface area contributed by atoms with Crippen LogP contribution in [0.4, 0.5) is 5.82 Å². The molecule has 0 N–H and O–H groups in total. The average molecular weight is 302 g/mol. The van der Waals surface area contributed by atoms with Crippen LogP contribution in [0.3, 0.4) is 0 Å². The van der Waals surface area contributed by atoms with Crippen LogP contribution in [0.1, 0.15) is 42.3 Å². The van der Waals surface area contributed by atoms with E-state index in [9.17, 15) is 0 Å². The summed E-state index contributed by atoms with van der Waals surface area (Å²) in [4.78, 5) is 11.5. The maximum atomic E-state index is 6.30. The van der Waals surface area contributed by atoms with Crippen molar-refractivity contribution in [2.45, 2.75) is 39.7 Å². The van der Waals surface area contributed by atoms with E-state index in [0.717, 1.165) is 36.7 Å². The Kier molecular flexibility index (Phi) is 3.85. The fraction of sp³-hybridized carbons (Fsp3) is 0.412. The molecule has 1 aliphatic heterocycles. The van der Waals surface area contributed by atoms with Crippen LogP contribution in [0.5, 0.6) is 0 Å². The first kappa shape index (κ1) is 14.3. The molecule has 21 heavy (non-hydrogen) atoms. The predicted octanol–water partition coefficient (Wildman–Crippen LogP) is 4.12. The summed E-state index contributed by atoms with van der Waals surface area (Å²) in [6.07, 6.45) is 1.05. The van der Waals surface area contributed by atoms with Gasteiger partial charge < -0.3 is 4.90 Å². The molecule has 0 saturated heterocycles. The van der Waals surface area contributed by atoms with Gasteiger partial charge in [-0.1, -0.05) is 49.7 Å². The number of fused-ring (bicyclic) bond motifs is 1. The van der Waals surface area contributed by atoms with Crippen LogP contribution in [0.15, 0.2) is 24.3 Å². The van der Waals surface area contributed by atoms with Crippen molar-refractivity contribution in [1.29, 1.82) is 0 Å². The Bertz CT molecular complexity index is 667. The minimum Gasteiger partial charge on any atom is -0.352 e. The Morgan fingerprint density at radius 1 is 1.14 bits per heavy atom. The van der Waals surface area contributed by atoms with Crippen molar-refractivity contribution in [3.8, 4) is 0 Å². The zero-order valence-corrected chi connectivity index (χ0v) is 13.5. The largest absolute Gasteiger partial charge is 0.352 e. The first-order valence-corrected chi connectivity index (χ1v) is 7.80. The second-order valence-corrected chi connectivity index (χ2v) is 6.27. The zero-order chi connectivity index (χ0) is 15.0. The second kappa shape index (κ2) is 5.64. The van der Waals surface area contributed by atoms with Gasteiger partial charge in [-0.2, -0.15) is 0 Å². The summed E-state index contributed by atoms with van der Waals surface area (Å²) in [5.41, 5.74) is 3.79. The molecule has 4 heteroatoms. The lowest BCUT2D eigenvalue weighted by atomic mass is 10.00. The third-order valence-electron chi connectivity index (χ3n) is 4.02. The highest BCUT2D eigenvalue weighted by Gasteiger charge is 2.21. The van der Waals surface area contributed by atoms with Crippen LogP contribution < -0.4 is 4.90 Å². The summed E-state index contributed by atoms with van der Waals surface area (Å²) >= 11 is 6.30. The van der Waals surface area contributed by atoms with E-state index in [1.807, 2.05) is 6.92 Å². The standard InChI is InChI=1S/C17H20ClN3/c1-11(2)16-19-15(18)12(3)17(20-16)21-9-8-13-6-4-5-7-14(13)10-21/h4-7,11H,8-10H2,1-3H3.